The molecule has 0 heterocycles. The molecule has 0 radical (unpaired) electrons. The third-order valence-electron chi connectivity index (χ3n) is 0.995. The lowest BCUT2D eigenvalue weighted by molar-refractivity contribution is -0.160. The molecule has 0 aliphatic carbocycles. The van der Waals surface area contributed by atoms with Crippen LogP contribution in [0.2, 0.25) is 0 Å². The van der Waals surface area contributed by atoms with E-state index in [1.54, 1.807) is 0 Å². The van der Waals surface area contributed by atoms with Crippen LogP contribution in [0.15, 0.2) is 0 Å². The van der Waals surface area contributed by atoms with E-state index < -0.39 is 5.60 Å². The van der Waals surface area contributed by atoms with Gasteiger partial charge < -0.3 is 13.7 Å². The molecule has 0 aliphatic heterocycles. The molecule has 4 nitrogen and oxygen atoms in total. The summed E-state index contributed by atoms with van der Waals surface area (Å²) >= 11 is 2.02. The molecule has 0 fully saturated rings. The number of carbonyl (C=O) groups is 1. The first-order chi connectivity index (χ1) is 6.45. The highest BCUT2D eigenvalue weighted by atomic mass is 127. The molecular weight excluding hydrogens is 319 g/mol. The topological polar surface area (TPSA) is 44.8 Å². The summed E-state index contributed by atoms with van der Waals surface area (Å²) in [5.74, 6) is -0.348. The zero-order valence-electron chi connectivity index (χ0n) is 8.54. The van der Waals surface area contributed by atoms with E-state index >= 15 is 0 Å². The summed E-state index contributed by atoms with van der Waals surface area (Å²) in [6.07, 6.45) is 0. The monoisotopic (exact) mass is 334 g/mol. The minimum Gasteiger partial charge on any atom is -0.458 e. The van der Waals surface area contributed by atoms with Gasteiger partial charge in [-0.1, -0.05) is 0 Å². The fourth-order valence-electron chi connectivity index (χ4n) is 0.651. The smallest absolute Gasteiger partial charge is 0.332 e. The molecule has 14 heavy (non-hydrogen) atoms. The molecule has 0 bridgehead atoms. The molecule has 0 aromatic heterocycles. The van der Waals surface area contributed by atoms with Gasteiger partial charge in [-0.25, -0.2) is 4.79 Å². The van der Waals surface area contributed by atoms with Crippen molar-refractivity contribution >= 4 is 36.4 Å². The molecule has 6 heteroatoms. The largest absolute Gasteiger partial charge is 0.458 e. The van der Waals surface area contributed by atoms with E-state index in [0.717, 1.165) is 0 Å². The van der Waals surface area contributed by atoms with Crippen molar-refractivity contribution in [3.8, 4) is 0 Å². The number of esters is 1. The first-order valence-electron chi connectivity index (χ1n) is 4.15. The second-order valence-corrected chi connectivity index (χ2v) is 4.96. The van der Waals surface area contributed by atoms with Crippen LogP contribution < -0.4 is 0 Å². The number of carbonyl (C=O) groups excluding carboxylic acids is 1. The van der Waals surface area contributed by atoms with Crippen LogP contribution >= 0.6 is 30.4 Å². The van der Waals surface area contributed by atoms with E-state index in [-0.39, 0.29) is 12.6 Å². The van der Waals surface area contributed by atoms with Crippen molar-refractivity contribution in [3.05, 3.63) is 0 Å². The lowest BCUT2D eigenvalue weighted by atomic mass is 10.2. The Labute approximate surface area is 101 Å². The maximum Gasteiger partial charge on any atom is 0.332 e. The van der Waals surface area contributed by atoms with Gasteiger partial charge in [-0.15, -0.1) is 0 Å². The second-order valence-electron chi connectivity index (χ2n) is 3.52. The Morgan fingerprint density at radius 3 is 2.50 bits per heavy atom. The molecule has 0 unspecified atom stereocenters. The average molecular weight is 334 g/mol. The Hall–Kier alpha value is 0.470. The summed E-state index contributed by atoms with van der Waals surface area (Å²) in [7, 11) is 1.24. The van der Waals surface area contributed by atoms with Crippen molar-refractivity contribution in [3.63, 3.8) is 0 Å². The van der Waals surface area contributed by atoms with E-state index in [1.165, 1.54) is 9.21 Å². The zero-order valence-corrected chi connectivity index (χ0v) is 11.5. The molecular formula is C8H15IO4S. The first kappa shape index (κ1) is 14.5. The Morgan fingerprint density at radius 1 is 1.36 bits per heavy atom. The molecule has 0 atom stereocenters. The summed E-state index contributed by atoms with van der Waals surface area (Å²) in [6, 6.07) is 0. The van der Waals surface area contributed by atoms with Crippen LogP contribution in [0.5, 0.6) is 0 Å². The molecule has 0 rings (SSSR count). The minimum atomic E-state index is -0.449. The van der Waals surface area contributed by atoms with Crippen LogP contribution in [-0.2, 0) is 18.5 Å². The highest BCUT2D eigenvalue weighted by Crippen LogP contribution is 2.11. The summed E-state index contributed by atoms with van der Waals surface area (Å²) in [6.45, 7) is 6.31. The highest BCUT2D eigenvalue weighted by molar-refractivity contribution is 14.2. The van der Waals surface area contributed by atoms with Gasteiger partial charge in [0.1, 0.15) is 12.2 Å². The van der Waals surface area contributed by atoms with E-state index in [4.69, 9.17) is 13.7 Å². The fraction of sp³-hybridized carbons (Fsp3) is 0.875. The number of hydrogen-bond acceptors (Lipinski definition) is 5. The number of ether oxygens (including phenoxy) is 2. The van der Waals surface area contributed by atoms with Crippen molar-refractivity contribution in [2.75, 3.05) is 19.8 Å². The van der Waals surface area contributed by atoms with Crippen molar-refractivity contribution in [1.29, 1.82) is 0 Å². The molecule has 84 valence electrons. The van der Waals surface area contributed by atoms with Crippen molar-refractivity contribution in [2.24, 2.45) is 0 Å². The molecule has 0 saturated carbocycles. The van der Waals surface area contributed by atoms with E-state index in [2.05, 4.69) is 0 Å². The van der Waals surface area contributed by atoms with E-state index in [0.29, 0.717) is 13.2 Å². The third-order valence-corrected chi connectivity index (χ3v) is 2.01. The molecule has 0 saturated heterocycles. The van der Waals surface area contributed by atoms with Crippen LogP contribution in [0.1, 0.15) is 20.8 Å². The summed E-state index contributed by atoms with van der Waals surface area (Å²) in [5, 5.41) is 0. The van der Waals surface area contributed by atoms with Crippen molar-refractivity contribution < 1.29 is 18.5 Å². The second kappa shape index (κ2) is 7.72. The zero-order chi connectivity index (χ0) is 11.0. The third kappa shape index (κ3) is 10.6. The SMILES string of the molecule is CC(C)(C)OC(=O)COCCOSI. The Morgan fingerprint density at radius 2 is 2.00 bits per heavy atom. The molecule has 0 spiro atoms. The van der Waals surface area contributed by atoms with Crippen LogP contribution in [0.25, 0.3) is 0 Å². The van der Waals surface area contributed by atoms with Gasteiger partial charge in [0.2, 0.25) is 0 Å². The Kier molecular flexibility index (Phi) is 7.98. The Bertz CT molecular complexity index is 169. The summed E-state index contributed by atoms with van der Waals surface area (Å²) < 4.78 is 15.0. The predicted octanol–water partition coefficient (Wildman–Crippen LogP) is 2.36. The number of rotatable bonds is 6. The van der Waals surface area contributed by atoms with Gasteiger partial charge in [0.05, 0.1) is 22.4 Å². The molecule has 0 aromatic carbocycles. The predicted molar refractivity (Wildman–Crippen MR) is 64.2 cm³/mol. The van der Waals surface area contributed by atoms with Gasteiger partial charge in [-0.05, 0) is 20.8 Å². The van der Waals surface area contributed by atoms with Gasteiger partial charge in [0, 0.05) is 21.2 Å². The van der Waals surface area contributed by atoms with Crippen molar-refractivity contribution in [1.82, 2.24) is 0 Å². The van der Waals surface area contributed by atoms with Crippen LogP contribution in [0.4, 0.5) is 0 Å². The van der Waals surface area contributed by atoms with Gasteiger partial charge in [-0.2, -0.15) is 0 Å². The number of hydrogen-bond donors (Lipinski definition) is 0. The lowest BCUT2D eigenvalue weighted by Crippen LogP contribution is -2.26. The van der Waals surface area contributed by atoms with Crippen LogP contribution in [0, 0.1) is 0 Å². The normalized spacial score (nSPS) is 11.4. The number of halogens is 1. The van der Waals surface area contributed by atoms with Crippen LogP contribution in [0.3, 0.4) is 0 Å². The van der Waals surface area contributed by atoms with Crippen LogP contribution in [-0.4, -0.2) is 31.4 Å². The van der Waals surface area contributed by atoms with Gasteiger partial charge in [0.25, 0.3) is 0 Å². The quantitative estimate of drug-likeness (QED) is 0.323. The highest BCUT2D eigenvalue weighted by Gasteiger charge is 2.15. The molecule has 0 amide bonds. The Balaban J connectivity index is 3.36. The minimum absolute atomic E-state index is 0.0213. The molecule has 0 aliphatic rings. The molecule has 0 aromatic rings. The summed E-state index contributed by atoms with van der Waals surface area (Å²) in [4.78, 5) is 11.1. The summed E-state index contributed by atoms with van der Waals surface area (Å²) in [5.41, 5.74) is -0.449. The maximum atomic E-state index is 11.1. The van der Waals surface area contributed by atoms with Gasteiger partial charge >= 0.3 is 5.97 Å². The van der Waals surface area contributed by atoms with Gasteiger partial charge in [0.15, 0.2) is 0 Å². The van der Waals surface area contributed by atoms with E-state index in [1.807, 2.05) is 42.0 Å². The van der Waals surface area contributed by atoms with Crippen molar-refractivity contribution in [2.45, 2.75) is 26.4 Å². The lowest BCUT2D eigenvalue weighted by Gasteiger charge is -2.19. The van der Waals surface area contributed by atoms with E-state index in [9.17, 15) is 4.79 Å². The molecule has 0 N–H and O–H groups in total. The standard InChI is InChI=1S/C8H15IO4S/c1-8(2,3)13-7(10)6-11-4-5-12-14-9/h4-6H2,1-3H3. The first-order valence-corrected chi connectivity index (χ1v) is 7.44. The fourth-order valence-corrected chi connectivity index (χ4v) is 1.32. The average Bonchev–Trinajstić information content (AvgIpc) is 2.00. The van der Waals surface area contributed by atoms with Gasteiger partial charge in [-0.3, -0.25) is 0 Å². The maximum absolute atomic E-state index is 11.1.